The molecule has 0 bridgehead atoms. The lowest BCUT2D eigenvalue weighted by molar-refractivity contribution is 0.120. The van der Waals surface area contributed by atoms with Crippen molar-refractivity contribution in [1.82, 2.24) is 0 Å². The summed E-state index contributed by atoms with van der Waals surface area (Å²) in [5.74, 6) is 1.87. The summed E-state index contributed by atoms with van der Waals surface area (Å²) in [5.41, 5.74) is 1.36. The summed E-state index contributed by atoms with van der Waals surface area (Å²) >= 11 is 0. The molecule has 1 aliphatic rings. The van der Waals surface area contributed by atoms with Crippen molar-refractivity contribution in [3.05, 3.63) is 64.3 Å². The zero-order valence-electron chi connectivity index (χ0n) is 15.1. The topological polar surface area (TPSA) is 61.1 Å². The van der Waals surface area contributed by atoms with Crippen LogP contribution in [0.5, 0.6) is 11.5 Å². The Morgan fingerprint density at radius 1 is 1.07 bits per heavy atom. The molecule has 0 radical (unpaired) electrons. The van der Waals surface area contributed by atoms with Gasteiger partial charge in [0.25, 0.3) is 0 Å². The molecule has 6 heteroatoms. The van der Waals surface area contributed by atoms with E-state index in [1.54, 1.807) is 25.3 Å². The molecule has 1 aliphatic heterocycles. The molecule has 2 heterocycles. The highest BCUT2D eigenvalue weighted by Gasteiger charge is 2.17. The molecule has 27 heavy (non-hydrogen) atoms. The van der Waals surface area contributed by atoms with E-state index in [4.69, 9.17) is 18.6 Å². The predicted molar refractivity (Wildman–Crippen MR) is 103 cm³/mol. The summed E-state index contributed by atoms with van der Waals surface area (Å²) < 4.78 is 22.7. The molecule has 0 N–H and O–H groups in total. The van der Waals surface area contributed by atoms with Gasteiger partial charge in [0, 0.05) is 19.2 Å². The number of ether oxygens (including phenoxy) is 3. The maximum Gasteiger partial charge on any atom is 0.200 e. The number of hydrogen-bond acceptors (Lipinski definition) is 6. The van der Waals surface area contributed by atoms with Gasteiger partial charge in [0.2, 0.25) is 0 Å². The Kier molecular flexibility index (Phi) is 4.98. The number of anilines is 1. The molecular formula is C21H21NO5. The lowest BCUT2D eigenvalue weighted by atomic mass is 10.2. The van der Waals surface area contributed by atoms with Crippen molar-refractivity contribution in [2.75, 3.05) is 38.3 Å². The lowest BCUT2D eigenvalue weighted by Crippen LogP contribution is -2.36. The molecule has 3 aromatic rings. The van der Waals surface area contributed by atoms with E-state index in [1.807, 2.05) is 35.2 Å². The van der Waals surface area contributed by atoms with Gasteiger partial charge in [-0.05, 0) is 29.8 Å². The fourth-order valence-electron chi connectivity index (χ4n) is 3.12. The van der Waals surface area contributed by atoms with Crippen LogP contribution in [0.1, 0.15) is 5.56 Å². The highest BCUT2D eigenvalue weighted by atomic mass is 16.5. The molecule has 0 saturated carbocycles. The quantitative estimate of drug-likeness (QED) is 0.690. The maximum absolute atomic E-state index is 12.6. The third-order valence-corrected chi connectivity index (χ3v) is 4.56. The van der Waals surface area contributed by atoms with Crippen LogP contribution in [0, 0.1) is 0 Å². The molecule has 1 saturated heterocycles. The average molecular weight is 367 g/mol. The predicted octanol–water partition coefficient (Wildman–Crippen LogP) is 3.22. The van der Waals surface area contributed by atoms with Gasteiger partial charge in [-0.2, -0.15) is 0 Å². The van der Waals surface area contributed by atoms with Gasteiger partial charge in [-0.15, -0.1) is 0 Å². The second-order valence-corrected chi connectivity index (χ2v) is 6.32. The molecule has 0 spiro atoms. The number of benzene rings is 2. The number of rotatable bonds is 5. The Labute approximate surface area is 156 Å². The summed E-state index contributed by atoms with van der Waals surface area (Å²) in [6.07, 6.45) is 0. The average Bonchev–Trinajstić information content (AvgIpc) is 2.73. The molecule has 4 rings (SSSR count). The highest BCUT2D eigenvalue weighted by Crippen LogP contribution is 2.28. The molecule has 0 aliphatic carbocycles. The molecule has 1 fully saturated rings. The Balaban J connectivity index is 1.65. The Bertz CT molecular complexity index is 991. The van der Waals surface area contributed by atoms with E-state index in [9.17, 15) is 4.79 Å². The summed E-state index contributed by atoms with van der Waals surface area (Å²) in [7, 11) is 1.63. The third-order valence-electron chi connectivity index (χ3n) is 4.56. The Hall–Kier alpha value is -2.99. The number of fused-ring (bicyclic) bond motifs is 1. The first-order chi connectivity index (χ1) is 13.2. The highest BCUT2D eigenvalue weighted by molar-refractivity contribution is 5.83. The molecule has 1 aromatic heterocycles. The van der Waals surface area contributed by atoms with Crippen LogP contribution in [0.3, 0.4) is 0 Å². The number of nitrogens with zero attached hydrogens (tertiary/aromatic N) is 1. The van der Waals surface area contributed by atoms with Crippen LogP contribution in [0.2, 0.25) is 0 Å². The van der Waals surface area contributed by atoms with Crippen molar-refractivity contribution in [3.63, 3.8) is 0 Å². The number of morpholine rings is 1. The van der Waals surface area contributed by atoms with Gasteiger partial charge in [0.1, 0.15) is 12.4 Å². The van der Waals surface area contributed by atoms with Gasteiger partial charge in [-0.25, -0.2) is 0 Å². The first-order valence-corrected chi connectivity index (χ1v) is 8.90. The van der Waals surface area contributed by atoms with Gasteiger partial charge in [0.05, 0.1) is 25.7 Å². The molecule has 2 aromatic carbocycles. The maximum atomic E-state index is 12.6. The smallest absolute Gasteiger partial charge is 0.200 e. The second-order valence-electron chi connectivity index (χ2n) is 6.32. The van der Waals surface area contributed by atoms with Gasteiger partial charge in [-0.3, -0.25) is 4.79 Å². The van der Waals surface area contributed by atoms with Crippen molar-refractivity contribution in [1.29, 1.82) is 0 Å². The van der Waals surface area contributed by atoms with E-state index >= 15 is 0 Å². The Morgan fingerprint density at radius 2 is 1.89 bits per heavy atom. The van der Waals surface area contributed by atoms with Crippen molar-refractivity contribution in [2.24, 2.45) is 0 Å². The monoisotopic (exact) mass is 367 g/mol. The third kappa shape index (κ3) is 3.75. The minimum absolute atomic E-state index is 0.0791. The van der Waals surface area contributed by atoms with Crippen molar-refractivity contribution in [3.8, 4) is 11.5 Å². The first kappa shape index (κ1) is 17.4. The zero-order valence-corrected chi connectivity index (χ0v) is 15.1. The van der Waals surface area contributed by atoms with E-state index in [-0.39, 0.29) is 5.43 Å². The summed E-state index contributed by atoms with van der Waals surface area (Å²) in [4.78, 5) is 14.6. The van der Waals surface area contributed by atoms with Crippen molar-refractivity contribution < 1.29 is 18.6 Å². The SMILES string of the molecule is COc1cccc(COc2cccc3c(=O)cc(N4CCOCC4)oc23)c1. The minimum Gasteiger partial charge on any atom is -0.497 e. The van der Waals surface area contributed by atoms with E-state index in [1.165, 1.54) is 0 Å². The van der Waals surface area contributed by atoms with Crippen LogP contribution in [0.25, 0.3) is 11.0 Å². The van der Waals surface area contributed by atoms with E-state index < -0.39 is 0 Å². The van der Waals surface area contributed by atoms with Crippen LogP contribution in [-0.2, 0) is 11.3 Å². The number of hydrogen-bond donors (Lipinski definition) is 0. The van der Waals surface area contributed by atoms with Gasteiger partial charge in [-0.1, -0.05) is 18.2 Å². The van der Waals surface area contributed by atoms with Crippen LogP contribution in [0.15, 0.2) is 57.7 Å². The van der Waals surface area contributed by atoms with E-state index in [0.717, 1.165) is 11.3 Å². The second kappa shape index (κ2) is 7.72. The van der Waals surface area contributed by atoms with Crippen LogP contribution in [0.4, 0.5) is 5.88 Å². The van der Waals surface area contributed by atoms with Gasteiger partial charge < -0.3 is 23.5 Å². The summed E-state index contributed by atoms with van der Waals surface area (Å²) in [6.45, 7) is 2.98. The summed E-state index contributed by atoms with van der Waals surface area (Å²) in [6, 6.07) is 14.6. The van der Waals surface area contributed by atoms with Crippen LogP contribution >= 0.6 is 0 Å². The number of methoxy groups -OCH3 is 1. The minimum atomic E-state index is -0.0791. The van der Waals surface area contributed by atoms with Crippen molar-refractivity contribution in [2.45, 2.75) is 6.61 Å². The van der Waals surface area contributed by atoms with E-state index in [0.29, 0.717) is 55.5 Å². The largest absolute Gasteiger partial charge is 0.497 e. The molecule has 140 valence electrons. The van der Waals surface area contributed by atoms with E-state index in [2.05, 4.69) is 0 Å². The Morgan fingerprint density at radius 3 is 2.70 bits per heavy atom. The van der Waals surface area contributed by atoms with Crippen LogP contribution in [-0.4, -0.2) is 33.4 Å². The number of para-hydroxylation sites is 1. The lowest BCUT2D eigenvalue weighted by Gasteiger charge is -2.27. The van der Waals surface area contributed by atoms with Gasteiger partial charge >= 0.3 is 0 Å². The fourth-order valence-corrected chi connectivity index (χ4v) is 3.12. The van der Waals surface area contributed by atoms with Crippen LogP contribution < -0.4 is 19.8 Å². The molecular weight excluding hydrogens is 346 g/mol. The van der Waals surface area contributed by atoms with Crippen molar-refractivity contribution >= 4 is 16.9 Å². The van der Waals surface area contributed by atoms with Gasteiger partial charge in [0.15, 0.2) is 22.6 Å². The normalized spacial score (nSPS) is 14.3. The molecule has 0 atom stereocenters. The molecule has 0 amide bonds. The molecule has 6 nitrogen and oxygen atoms in total. The fraction of sp³-hybridized carbons (Fsp3) is 0.286. The zero-order chi connectivity index (χ0) is 18.6. The summed E-state index contributed by atoms with van der Waals surface area (Å²) in [5, 5.41) is 0.509. The molecule has 0 unspecified atom stereocenters. The first-order valence-electron chi connectivity index (χ1n) is 8.90. The standard InChI is InChI=1S/C21H21NO5/c1-24-16-5-2-4-15(12-16)14-26-19-7-3-6-17-18(23)13-20(27-21(17)19)22-8-10-25-11-9-22/h2-7,12-13H,8-11,14H2,1H3.